The zero-order chi connectivity index (χ0) is 8.43. The topological polar surface area (TPSA) is 0 Å². The van der Waals surface area contributed by atoms with Gasteiger partial charge in [-0.2, -0.15) is 0 Å². The SMILES string of the molecule is Cc1ccc(C)c(C=S)c1C. The van der Waals surface area contributed by atoms with Crippen molar-refractivity contribution in [3.8, 4) is 0 Å². The Morgan fingerprint density at radius 2 is 1.64 bits per heavy atom. The van der Waals surface area contributed by atoms with Crippen molar-refractivity contribution in [2.24, 2.45) is 0 Å². The molecule has 0 aliphatic rings. The van der Waals surface area contributed by atoms with Crippen molar-refractivity contribution in [3.63, 3.8) is 0 Å². The summed E-state index contributed by atoms with van der Waals surface area (Å²) >= 11 is 4.93. The minimum atomic E-state index is 1.21. The summed E-state index contributed by atoms with van der Waals surface area (Å²) in [5.74, 6) is 0. The Balaban J connectivity index is 3.40. The predicted molar refractivity (Wildman–Crippen MR) is 53.4 cm³/mol. The van der Waals surface area contributed by atoms with Crippen molar-refractivity contribution in [3.05, 3.63) is 34.4 Å². The average molecular weight is 164 g/mol. The van der Waals surface area contributed by atoms with Gasteiger partial charge in [-0.1, -0.05) is 24.4 Å². The van der Waals surface area contributed by atoms with Crippen LogP contribution in [0.4, 0.5) is 0 Å². The zero-order valence-electron chi connectivity index (χ0n) is 7.14. The molecule has 0 unspecified atom stereocenters. The fourth-order valence-corrected chi connectivity index (χ4v) is 1.52. The Kier molecular flexibility index (Phi) is 2.40. The van der Waals surface area contributed by atoms with Gasteiger partial charge in [0.2, 0.25) is 0 Å². The molecule has 0 saturated carbocycles. The Labute approximate surface area is 73.2 Å². The molecule has 1 rings (SSSR count). The van der Waals surface area contributed by atoms with Crippen molar-refractivity contribution in [1.82, 2.24) is 0 Å². The van der Waals surface area contributed by atoms with Gasteiger partial charge in [0.1, 0.15) is 0 Å². The lowest BCUT2D eigenvalue weighted by Crippen LogP contribution is -1.92. The van der Waals surface area contributed by atoms with Gasteiger partial charge < -0.3 is 0 Å². The summed E-state index contributed by atoms with van der Waals surface area (Å²) in [4.78, 5) is 0. The van der Waals surface area contributed by atoms with Gasteiger partial charge in [-0.15, -0.1) is 0 Å². The summed E-state index contributed by atoms with van der Waals surface area (Å²) in [7, 11) is 0. The third-order valence-corrected chi connectivity index (χ3v) is 2.36. The highest BCUT2D eigenvalue weighted by Crippen LogP contribution is 2.15. The number of aryl methyl sites for hydroxylation is 2. The van der Waals surface area contributed by atoms with E-state index in [0.717, 1.165) is 0 Å². The number of hydrogen-bond acceptors (Lipinski definition) is 1. The van der Waals surface area contributed by atoms with Crippen LogP contribution in [0.5, 0.6) is 0 Å². The van der Waals surface area contributed by atoms with Crippen molar-refractivity contribution in [1.29, 1.82) is 0 Å². The standard InChI is InChI=1S/C10H12S/c1-7-4-5-8(2)10(6-11)9(7)3/h4-6H,1-3H3. The van der Waals surface area contributed by atoms with Gasteiger partial charge in [0.05, 0.1) is 0 Å². The van der Waals surface area contributed by atoms with E-state index in [4.69, 9.17) is 12.2 Å². The second-order valence-electron chi connectivity index (χ2n) is 2.86. The summed E-state index contributed by atoms with van der Waals surface area (Å²) in [5.41, 5.74) is 5.09. The van der Waals surface area contributed by atoms with E-state index in [2.05, 4.69) is 32.9 Å². The summed E-state index contributed by atoms with van der Waals surface area (Å²) in [6.45, 7) is 6.31. The molecule has 0 fully saturated rings. The second kappa shape index (κ2) is 3.14. The average Bonchev–Trinajstić information content (AvgIpc) is 1.99. The summed E-state index contributed by atoms with van der Waals surface area (Å²) < 4.78 is 0. The van der Waals surface area contributed by atoms with Crippen LogP contribution < -0.4 is 0 Å². The molecule has 0 saturated heterocycles. The van der Waals surface area contributed by atoms with Crippen molar-refractivity contribution in [2.75, 3.05) is 0 Å². The van der Waals surface area contributed by atoms with E-state index in [9.17, 15) is 0 Å². The second-order valence-corrected chi connectivity index (χ2v) is 3.09. The van der Waals surface area contributed by atoms with Gasteiger partial charge in [-0.05, 0) is 43.0 Å². The smallest absolute Gasteiger partial charge is 0.00915 e. The minimum Gasteiger partial charge on any atom is -0.0881 e. The maximum Gasteiger partial charge on any atom is 0.00915 e. The van der Waals surface area contributed by atoms with Gasteiger partial charge in [0.15, 0.2) is 0 Å². The Hall–Kier alpha value is -0.690. The first-order chi connectivity index (χ1) is 5.16. The molecule has 0 aliphatic carbocycles. The van der Waals surface area contributed by atoms with Crippen LogP contribution in [0, 0.1) is 20.8 Å². The molecule has 0 aromatic heterocycles. The Morgan fingerprint density at radius 1 is 1.09 bits per heavy atom. The maximum absolute atomic E-state index is 4.93. The molecule has 0 heterocycles. The van der Waals surface area contributed by atoms with Crippen LogP contribution in [0.25, 0.3) is 0 Å². The largest absolute Gasteiger partial charge is 0.0881 e. The van der Waals surface area contributed by atoms with Crippen LogP contribution in [0.3, 0.4) is 0 Å². The first-order valence-corrected chi connectivity index (χ1v) is 4.16. The van der Waals surface area contributed by atoms with Crippen LogP contribution in [0.1, 0.15) is 22.3 Å². The molecule has 1 aromatic rings. The van der Waals surface area contributed by atoms with E-state index >= 15 is 0 Å². The molecule has 0 atom stereocenters. The van der Waals surface area contributed by atoms with Crippen molar-refractivity contribution in [2.45, 2.75) is 20.8 Å². The van der Waals surface area contributed by atoms with Gasteiger partial charge in [-0.25, -0.2) is 0 Å². The lowest BCUT2D eigenvalue weighted by atomic mass is 10.0. The molecule has 0 amide bonds. The molecule has 0 spiro atoms. The molecule has 1 heteroatoms. The highest BCUT2D eigenvalue weighted by Gasteiger charge is 2.00. The first kappa shape index (κ1) is 8.41. The van der Waals surface area contributed by atoms with Crippen LogP contribution in [-0.2, 0) is 0 Å². The number of thiocarbonyl (C=S) groups is 1. The molecule has 0 bridgehead atoms. The molecule has 0 N–H and O–H groups in total. The van der Waals surface area contributed by atoms with Gasteiger partial charge >= 0.3 is 0 Å². The molecular weight excluding hydrogens is 152 g/mol. The molecule has 1 aromatic carbocycles. The summed E-state index contributed by atoms with van der Waals surface area (Å²) in [5, 5.41) is 1.76. The zero-order valence-corrected chi connectivity index (χ0v) is 7.96. The monoisotopic (exact) mass is 164 g/mol. The van der Waals surface area contributed by atoms with Gasteiger partial charge in [-0.3, -0.25) is 0 Å². The van der Waals surface area contributed by atoms with Gasteiger partial charge in [0.25, 0.3) is 0 Å². The molecule has 58 valence electrons. The molecule has 0 aliphatic heterocycles. The van der Waals surface area contributed by atoms with E-state index in [1.165, 1.54) is 22.3 Å². The van der Waals surface area contributed by atoms with Crippen LogP contribution in [0.2, 0.25) is 0 Å². The van der Waals surface area contributed by atoms with Crippen LogP contribution in [0.15, 0.2) is 12.1 Å². The lowest BCUT2D eigenvalue weighted by molar-refractivity contribution is 1.29. The number of benzene rings is 1. The quantitative estimate of drug-likeness (QED) is 0.575. The molecular formula is C10H12S. The van der Waals surface area contributed by atoms with E-state index in [0.29, 0.717) is 0 Å². The minimum absolute atomic E-state index is 1.21. The van der Waals surface area contributed by atoms with Crippen molar-refractivity contribution < 1.29 is 0 Å². The van der Waals surface area contributed by atoms with E-state index in [1.807, 2.05) is 0 Å². The van der Waals surface area contributed by atoms with E-state index < -0.39 is 0 Å². The molecule has 0 nitrogen and oxygen atoms in total. The normalized spacial score (nSPS) is 9.73. The Morgan fingerprint density at radius 3 is 2.09 bits per heavy atom. The summed E-state index contributed by atoms with van der Waals surface area (Å²) in [6.07, 6.45) is 0. The fraction of sp³-hybridized carbons (Fsp3) is 0.300. The third kappa shape index (κ3) is 1.48. The fourth-order valence-electron chi connectivity index (χ4n) is 1.15. The predicted octanol–water partition coefficient (Wildman–Crippen LogP) is 2.96. The highest BCUT2D eigenvalue weighted by atomic mass is 32.1. The summed E-state index contributed by atoms with van der Waals surface area (Å²) in [6, 6.07) is 4.24. The third-order valence-electron chi connectivity index (χ3n) is 2.12. The number of hydrogen-bond donors (Lipinski definition) is 0. The molecule has 11 heavy (non-hydrogen) atoms. The Bertz CT molecular complexity index is 287. The first-order valence-electron chi connectivity index (χ1n) is 3.69. The molecule has 0 radical (unpaired) electrons. The van der Waals surface area contributed by atoms with Crippen LogP contribution in [-0.4, -0.2) is 5.37 Å². The van der Waals surface area contributed by atoms with Crippen LogP contribution >= 0.6 is 12.2 Å². The van der Waals surface area contributed by atoms with E-state index in [-0.39, 0.29) is 0 Å². The lowest BCUT2D eigenvalue weighted by Gasteiger charge is -2.06. The van der Waals surface area contributed by atoms with Crippen molar-refractivity contribution >= 4 is 17.6 Å². The van der Waals surface area contributed by atoms with Gasteiger partial charge in [0, 0.05) is 5.37 Å². The maximum atomic E-state index is 4.93. The number of rotatable bonds is 1. The highest BCUT2D eigenvalue weighted by molar-refractivity contribution is 7.79. The van der Waals surface area contributed by atoms with E-state index in [1.54, 1.807) is 5.37 Å².